The van der Waals surface area contributed by atoms with Crippen molar-refractivity contribution in [1.29, 1.82) is 0 Å². The summed E-state index contributed by atoms with van der Waals surface area (Å²) in [6, 6.07) is 1.78. The molecule has 0 aliphatic carbocycles. The second-order valence-electron chi connectivity index (χ2n) is 2.88. The fraction of sp³-hybridized carbons (Fsp3) is 0.111. The van der Waals surface area contributed by atoms with Gasteiger partial charge in [0.15, 0.2) is 5.82 Å². The highest BCUT2D eigenvalue weighted by Crippen LogP contribution is 2.22. The van der Waals surface area contributed by atoms with Gasteiger partial charge in [0.1, 0.15) is 5.82 Å². The third-order valence-electron chi connectivity index (χ3n) is 1.92. The van der Waals surface area contributed by atoms with E-state index in [1.807, 2.05) is 0 Å². The van der Waals surface area contributed by atoms with Crippen LogP contribution in [-0.4, -0.2) is 14.5 Å². The van der Waals surface area contributed by atoms with E-state index in [-0.39, 0.29) is 0 Å². The van der Waals surface area contributed by atoms with Crippen LogP contribution in [0.3, 0.4) is 0 Å². The maximum absolute atomic E-state index is 6.07. The van der Waals surface area contributed by atoms with Crippen molar-refractivity contribution < 1.29 is 0 Å². The van der Waals surface area contributed by atoms with Gasteiger partial charge in [0.25, 0.3) is 0 Å². The third-order valence-corrected chi connectivity index (χ3v) is 2.63. The lowest BCUT2D eigenvalue weighted by molar-refractivity contribution is 0.848. The number of nitrogens with two attached hydrogens (primary N) is 1. The quantitative estimate of drug-likeness (QED) is 0.920. The number of aromatic nitrogens is 3. The maximum atomic E-state index is 6.07. The van der Waals surface area contributed by atoms with E-state index >= 15 is 0 Å². The maximum Gasteiger partial charge on any atom is 0.156 e. The first-order chi connectivity index (χ1) is 7.22. The molecule has 0 saturated heterocycles. The Bertz CT molecular complexity index is 483. The van der Waals surface area contributed by atoms with E-state index in [0.717, 1.165) is 10.3 Å². The van der Waals surface area contributed by atoms with Crippen molar-refractivity contribution in [2.75, 3.05) is 0 Å². The Kier molecular flexibility index (Phi) is 3.04. The second-order valence-corrected chi connectivity index (χ2v) is 4.20. The van der Waals surface area contributed by atoms with E-state index in [2.05, 4.69) is 25.9 Å². The van der Waals surface area contributed by atoms with E-state index in [4.69, 9.17) is 17.3 Å². The number of halogens is 2. The minimum atomic E-state index is 0.348. The summed E-state index contributed by atoms with van der Waals surface area (Å²) in [6.45, 7) is 0.348. The monoisotopic (exact) mass is 286 g/mol. The number of imidazole rings is 1. The molecule has 4 nitrogen and oxygen atoms in total. The predicted octanol–water partition coefficient (Wildman–Crippen LogP) is 2.14. The lowest BCUT2D eigenvalue weighted by atomic mass is 10.4. The van der Waals surface area contributed by atoms with Gasteiger partial charge in [-0.15, -0.1) is 0 Å². The first-order valence-corrected chi connectivity index (χ1v) is 5.43. The Hall–Kier alpha value is -0.910. The highest BCUT2D eigenvalue weighted by molar-refractivity contribution is 9.10. The zero-order valence-electron chi connectivity index (χ0n) is 7.69. The number of rotatable bonds is 2. The normalized spacial score (nSPS) is 10.6. The summed E-state index contributed by atoms with van der Waals surface area (Å²) < 4.78 is 2.61. The molecule has 0 saturated carbocycles. The summed E-state index contributed by atoms with van der Waals surface area (Å²) in [5.41, 5.74) is 5.55. The first-order valence-electron chi connectivity index (χ1n) is 4.26. The molecule has 0 radical (unpaired) electrons. The fourth-order valence-corrected chi connectivity index (χ4v) is 1.98. The molecule has 0 bridgehead atoms. The zero-order chi connectivity index (χ0) is 10.8. The molecule has 2 aromatic heterocycles. The standard InChI is InChI=1S/C9H8BrClN4/c10-6-3-7(11)9(14-5-6)15-2-1-13-8(15)4-12/h1-3,5H,4,12H2. The van der Waals surface area contributed by atoms with Crippen LogP contribution in [0.5, 0.6) is 0 Å². The van der Waals surface area contributed by atoms with Gasteiger partial charge in [-0.1, -0.05) is 11.6 Å². The van der Waals surface area contributed by atoms with Crippen molar-refractivity contribution in [3.8, 4) is 5.82 Å². The fourth-order valence-electron chi connectivity index (χ4n) is 1.26. The molecule has 0 spiro atoms. The molecule has 0 fully saturated rings. The summed E-state index contributed by atoms with van der Waals surface area (Å²) in [5, 5.41) is 0.553. The molecule has 0 aromatic carbocycles. The Morgan fingerprint density at radius 2 is 2.27 bits per heavy atom. The molecule has 0 atom stereocenters. The lowest BCUT2D eigenvalue weighted by Crippen LogP contribution is -2.07. The minimum absolute atomic E-state index is 0.348. The zero-order valence-corrected chi connectivity index (χ0v) is 10.0. The van der Waals surface area contributed by atoms with Crippen LogP contribution < -0.4 is 5.73 Å². The van der Waals surface area contributed by atoms with Crippen LogP contribution in [0.15, 0.2) is 29.1 Å². The Morgan fingerprint density at radius 3 is 2.93 bits per heavy atom. The van der Waals surface area contributed by atoms with Gasteiger partial charge >= 0.3 is 0 Å². The molecule has 2 heterocycles. The molecule has 2 aromatic rings. The number of hydrogen-bond acceptors (Lipinski definition) is 3. The Morgan fingerprint density at radius 1 is 1.47 bits per heavy atom. The number of hydrogen-bond donors (Lipinski definition) is 1. The molecule has 2 rings (SSSR count). The summed E-state index contributed by atoms with van der Waals surface area (Å²) in [5.74, 6) is 1.37. The summed E-state index contributed by atoms with van der Waals surface area (Å²) in [4.78, 5) is 8.32. The second kappa shape index (κ2) is 4.30. The Labute approximate surface area is 100 Å². The number of nitrogens with zero attached hydrogens (tertiary/aromatic N) is 3. The molecular weight excluding hydrogens is 279 g/mol. The van der Waals surface area contributed by atoms with Gasteiger partial charge in [0.2, 0.25) is 0 Å². The van der Waals surface area contributed by atoms with Gasteiger partial charge in [-0.25, -0.2) is 9.97 Å². The van der Waals surface area contributed by atoms with Crippen LogP contribution in [0.2, 0.25) is 5.02 Å². The van der Waals surface area contributed by atoms with Crippen molar-refractivity contribution in [3.05, 3.63) is 40.0 Å². The molecule has 0 amide bonds. The van der Waals surface area contributed by atoms with Crippen molar-refractivity contribution in [2.24, 2.45) is 5.73 Å². The van der Waals surface area contributed by atoms with Gasteiger partial charge in [0.05, 0.1) is 11.6 Å². The highest BCUT2D eigenvalue weighted by Gasteiger charge is 2.08. The van der Waals surface area contributed by atoms with E-state index in [9.17, 15) is 0 Å². The SMILES string of the molecule is NCc1nccn1-c1ncc(Br)cc1Cl. The largest absolute Gasteiger partial charge is 0.324 e. The Balaban J connectivity index is 2.54. The van der Waals surface area contributed by atoms with Crippen molar-refractivity contribution in [3.63, 3.8) is 0 Å². The first kappa shape index (κ1) is 10.6. The highest BCUT2D eigenvalue weighted by atomic mass is 79.9. The van der Waals surface area contributed by atoms with Gasteiger partial charge in [-0.05, 0) is 22.0 Å². The van der Waals surface area contributed by atoms with Crippen LogP contribution in [0.25, 0.3) is 5.82 Å². The molecule has 78 valence electrons. The minimum Gasteiger partial charge on any atom is -0.324 e. The number of pyridine rings is 1. The summed E-state index contributed by atoms with van der Waals surface area (Å²) in [6.07, 6.45) is 5.13. The van der Waals surface area contributed by atoms with Gasteiger partial charge in [-0.2, -0.15) is 0 Å². The van der Waals surface area contributed by atoms with Crippen molar-refractivity contribution >= 4 is 27.5 Å². The van der Waals surface area contributed by atoms with Crippen LogP contribution in [-0.2, 0) is 6.54 Å². The molecule has 0 aliphatic heterocycles. The summed E-state index contributed by atoms with van der Waals surface area (Å²) in [7, 11) is 0. The van der Waals surface area contributed by atoms with E-state index < -0.39 is 0 Å². The van der Waals surface area contributed by atoms with Crippen LogP contribution in [0.1, 0.15) is 5.82 Å². The molecule has 6 heteroatoms. The lowest BCUT2D eigenvalue weighted by Gasteiger charge is -2.07. The van der Waals surface area contributed by atoms with E-state index in [1.165, 1.54) is 0 Å². The van der Waals surface area contributed by atoms with Crippen molar-refractivity contribution in [2.45, 2.75) is 6.54 Å². The molecule has 2 N–H and O–H groups in total. The van der Waals surface area contributed by atoms with Gasteiger partial charge < -0.3 is 5.73 Å². The van der Waals surface area contributed by atoms with Crippen LogP contribution in [0, 0.1) is 0 Å². The predicted molar refractivity (Wildman–Crippen MR) is 62.0 cm³/mol. The van der Waals surface area contributed by atoms with Gasteiger partial charge in [0, 0.05) is 23.1 Å². The van der Waals surface area contributed by atoms with E-state index in [0.29, 0.717) is 17.4 Å². The molecule has 15 heavy (non-hydrogen) atoms. The molecular formula is C9H8BrClN4. The van der Waals surface area contributed by atoms with Crippen LogP contribution in [0.4, 0.5) is 0 Å². The van der Waals surface area contributed by atoms with E-state index in [1.54, 1.807) is 29.2 Å². The third kappa shape index (κ3) is 2.04. The molecule has 0 unspecified atom stereocenters. The topological polar surface area (TPSA) is 56.7 Å². The van der Waals surface area contributed by atoms with Crippen molar-refractivity contribution in [1.82, 2.24) is 14.5 Å². The smallest absolute Gasteiger partial charge is 0.156 e. The van der Waals surface area contributed by atoms with Crippen LogP contribution >= 0.6 is 27.5 Å². The average Bonchev–Trinajstić information content (AvgIpc) is 2.65. The molecule has 0 aliphatic rings. The summed E-state index contributed by atoms with van der Waals surface area (Å²) >= 11 is 9.37. The van der Waals surface area contributed by atoms with Gasteiger partial charge in [-0.3, -0.25) is 4.57 Å². The average molecular weight is 288 g/mol.